The summed E-state index contributed by atoms with van der Waals surface area (Å²) in [4.78, 5) is 5.17. The molecular formula is C22H29N3. The summed E-state index contributed by atoms with van der Waals surface area (Å²) < 4.78 is 2.43. The van der Waals surface area contributed by atoms with Crippen LogP contribution in [0.2, 0.25) is 0 Å². The molecule has 3 aromatic rings. The van der Waals surface area contributed by atoms with Gasteiger partial charge in [0.25, 0.3) is 0 Å². The summed E-state index contributed by atoms with van der Waals surface area (Å²) >= 11 is 0. The first kappa shape index (κ1) is 16.6. The molecule has 0 radical (unpaired) electrons. The standard InChI is InChI=1S/C22H29N3/c1-4-25-21-8-6-5-7-19(21)20-15-18(9-10-22(20)25)16-23-11-13-24(14-12-23)17(2)3/h5-10,15,17H,4,11-14,16H2,1-3H3. The van der Waals surface area contributed by atoms with Crippen molar-refractivity contribution in [1.29, 1.82) is 0 Å². The topological polar surface area (TPSA) is 11.4 Å². The lowest BCUT2D eigenvalue weighted by Gasteiger charge is -2.36. The Balaban J connectivity index is 1.61. The fraction of sp³-hybridized carbons (Fsp3) is 0.455. The minimum Gasteiger partial charge on any atom is -0.341 e. The van der Waals surface area contributed by atoms with Crippen molar-refractivity contribution in [1.82, 2.24) is 14.4 Å². The van der Waals surface area contributed by atoms with Crippen LogP contribution in [-0.4, -0.2) is 46.6 Å². The fourth-order valence-corrected chi connectivity index (χ4v) is 4.24. The number of aromatic nitrogens is 1. The highest BCUT2D eigenvalue weighted by Crippen LogP contribution is 2.30. The van der Waals surface area contributed by atoms with Crippen LogP contribution in [0.4, 0.5) is 0 Å². The minimum absolute atomic E-state index is 0.665. The summed E-state index contributed by atoms with van der Waals surface area (Å²) in [5, 5.41) is 2.78. The maximum Gasteiger partial charge on any atom is 0.0491 e. The molecule has 2 aromatic carbocycles. The molecule has 1 aromatic heterocycles. The van der Waals surface area contributed by atoms with Gasteiger partial charge in [-0.15, -0.1) is 0 Å². The number of nitrogens with zero attached hydrogens (tertiary/aromatic N) is 3. The number of benzene rings is 2. The Kier molecular flexibility index (Phi) is 4.53. The third kappa shape index (κ3) is 3.07. The van der Waals surface area contributed by atoms with Gasteiger partial charge in [-0.25, -0.2) is 0 Å². The molecule has 0 aliphatic carbocycles. The smallest absolute Gasteiger partial charge is 0.0491 e. The van der Waals surface area contributed by atoms with Gasteiger partial charge in [0.15, 0.2) is 0 Å². The Morgan fingerprint density at radius 1 is 0.880 bits per heavy atom. The molecule has 4 rings (SSSR count). The van der Waals surface area contributed by atoms with Gasteiger partial charge in [0, 0.05) is 67.1 Å². The van der Waals surface area contributed by atoms with Gasteiger partial charge in [0.05, 0.1) is 0 Å². The summed E-state index contributed by atoms with van der Waals surface area (Å²) in [7, 11) is 0. The van der Waals surface area contributed by atoms with Gasteiger partial charge in [-0.05, 0) is 44.5 Å². The lowest BCUT2D eigenvalue weighted by molar-refractivity contribution is 0.104. The average Bonchev–Trinajstić information content (AvgIpc) is 2.95. The number of hydrogen-bond acceptors (Lipinski definition) is 2. The van der Waals surface area contributed by atoms with E-state index in [-0.39, 0.29) is 0 Å². The second-order valence-electron chi connectivity index (χ2n) is 7.52. The Bertz CT molecular complexity index is 869. The predicted octanol–water partition coefficient (Wildman–Crippen LogP) is 4.34. The molecule has 3 nitrogen and oxygen atoms in total. The van der Waals surface area contributed by atoms with Crippen molar-refractivity contribution < 1.29 is 0 Å². The molecule has 0 N–H and O–H groups in total. The van der Waals surface area contributed by atoms with E-state index in [1.54, 1.807) is 0 Å². The minimum atomic E-state index is 0.665. The van der Waals surface area contributed by atoms with E-state index in [9.17, 15) is 0 Å². The monoisotopic (exact) mass is 335 g/mol. The van der Waals surface area contributed by atoms with Gasteiger partial charge in [-0.2, -0.15) is 0 Å². The van der Waals surface area contributed by atoms with Gasteiger partial charge in [0.1, 0.15) is 0 Å². The van der Waals surface area contributed by atoms with Crippen LogP contribution in [0.5, 0.6) is 0 Å². The van der Waals surface area contributed by atoms with E-state index in [1.807, 2.05) is 0 Å². The summed E-state index contributed by atoms with van der Waals surface area (Å²) in [5.41, 5.74) is 4.14. The first-order chi connectivity index (χ1) is 12.2. The summed E-state index contributed by atoms with van der Waals surface area (Å²) in [6.45, 7) is 13.6. The van der Waals surface area contributed by atoms with E-state index in [0.29, 0.717) is 6.04 Å². The highest BCUT2D eigenvalue weighted by molar-refractivity contribution is 6.08. The van der Waals surface area contributed by atoms with Crippen molar-refractivity contribution in [3.63, 3.8) is 0 Å². The van der Waals surface area contributed by atoms with Gasteiger partial charge in [0.2, 0.25) is 0 Å². The van der Waals surface area contributed by atoms with Crippen molar-refractivity contribution in [3.8, 4) is 0 Å². The first-order valence-electron chi connectivity index (χ1n) is 9.63. The Morgan fingerprint density at radius 3 is 2.32 bits per heavy atom. The highest BCUT2D eigenvalue weighted by atomic mass is 15.3. The van der Waals surface area contributed by atoms with E-state index in [0.717, 1.165) is 13.1 Å². The summed E-state index contributed by atoms with van der Waals surface area (Å²) in [6.07, 6.45) is 0. The van der Waals surface area contributed by atoms with Gasteiger partial charge >= 0.3 is 0 Å². The zero-order valence-corrected chi connectivity index (χ0v) is 15.7. The van der Waals surface area contributed by atoms with E-state index < -0.39 is 0 Å². The molecule has 1 aliphatic heterocycles. The lowest BCUT2D eigenvalue weighted by atomic mass is 10.1. The van der Waals surface area contributed by atoms with Crippen molar-refractivity contribution in [2.24, 2.45) is 0 Å². The SMILES string of the molecule is CCn1c2ccccc2c2cc(CN3CCN(C(C)C)CC3)ccc21. The predicted molar refractivity (Wildman–Crippen MR) is 107 cm³/mol. The summed E-state index contributed by atoms with van der Waals surface area (Å²) in [5.74, 6) is 0. The Morgan fingerprint density at radius 2 is 1.60 bits per heavy atom. The van der Waals surface area contributed by atoms with E-state index >= 15 is 0 Å². The normalized spacial score (nSPS) is 17.1. The number of fused-ring (bicyclic) bond motifs is 3. The number of hydrogen-bond donors (Lipinski definition) is 0. The van der Waals surface area contributed by atoms with Gasteiger partial charge in [-0.1, -0.05) is 24.3 Å². The van der Waals surface area contributed by atoms with Crippen LogP contribution in [0, 0.1) is 0 Å². The van der Waals surface area contributed by atoms with E-state index in [4.69, 9.17) is 0 Å². The molecule has 0 spiro atoms. The number of rotatable bonds is 4. The first-order valence-corrected chi connectivity index (χ1v) is 9.63. The van der Waals surface area contributed by atoms with Gasteiger partial charge < -0.3 is 4.57 Å². The van der Waals surface area contributed by atoms with Crippen LogP contribution >= 0.6 is 0 Å². The van der Waals surface area contributed by atoms with Gasteiger partial charge in [-0.3, -0.25) is 9.80 Å². The quantitative estimate of drug-likeness (QED) is 0.703. The molecule has 1 aliphatic rings. The Hall–Kier alpha value is -1.84. The lowest BCUT2D eigenvalue weighted by Crippen LogP contribution is -2.48. The number of piperazine rings is 1. The van der Waals surface area contributed by atoms with Crippen LogP contribution in [-0.2, 0) is 13.1 Å². The molecule has 0 saturated carbocycles. The molecule has 0 bridgehead atoms. The fourth-order valence-electron chi connectivity index (χ4n) is 4.24. The molecule has 0 unspecified atom stereocenters. The zero-order chi connectivity index (χ0) is 17.4. The second-order valence-corrected chi connectivity index (χ2v) is 7.52. The second kappa shape index (κ2) is 6.81. The van der Waals surface area contributed by atoms with E-state index in [2.05, 4.69) is 77.6 Å². The molecule has 25 heavy (non-hydrogen) atoms. The largest absolute Gasteiger partial charge is 0.341 e. The van der Waals surface area contributed by atoms with Crippen molar-refractivity contribution in [3.05, 3.63) is 48.0 Å². The molecule has 0 amide bonds. The van der Waals surface area contributed by atoms with E-state index in [1.165, 1.54) is 53.5 Å². The van der Waals surface area contributed by atoms with Crippen LogP contribution < -0.4 is 0 Å². The molecule has 132 valence electrons. The molecule has 2 heterocycles. The third-order valence-corrected chi connectivity index (χ3v) is 5.70. The van der Waals surface area contributed by atoms with Crippen LogP contribution in [0.15, 0.2) is 42.5 Å². The van der Waals surface area contributed by atoms with Crippen molar-refractivity contribution in [2.45, 2.75) is 39.9 Å². The van der Waals surface area contributed by atoms with Crippen molar-refractivity contribution >= 4 is 21.8 Å². The molecule has 1 saturated heterocycles. The number of aryl methyl sites for hydroxylation is 1. The molecule has 0 atom stereocenters. The number of para-hydroxylation sites is 1. The molecule has 1 fully saturated rings. The van der Waals surface area contributed by atoms with Crippen LogP contribution in [0.3, 0.4) is 0 Å². The van der Waals surface area contributed by atoms with Crippen LogP contribution in [0.1, 0.15) is 26.3 Å². The third-order valence-electron chi connectivity index (χ3n) is 5.70. The maximum atomic E-state index is 2.60. The molecule has 3 heteroatoms. The highest BCUT2D eigenvalue weighted by Gasteiger charge is 2.19. The Labute approximate surface area is 150 Å². The van der Waals surface area contributed by atoms with Crippen molar-refractivity contribution in [2.75, 3.05) is 26.2 Å². The molecular weight excluding hydrogens is 306 g/mol. The zero-order valence-electron chi connectivity index (χ0n) is 15.7. The summed E-state index contributed by atoms with van der Waals surface area (Å²) in [6, 6.07) is 16.5. The van der Waals surface area contributed by atoms with Crippen LogP contribution in [0.25, 0.3) is 21.8 Å². The maximum absolute atomic E-state index is 2.60. The average molecular weight is 335 g/mol.